The molecule has 4 rings (SSSR count). The summed E-state index contributed by atoms with van der Waals surface area (Å²) in [6.45, 7) is 4.28. The van der Waals surface area contributed by atoms with Gasteiger partial charge < -0.3 is 9.47 Å². The molecule has 0 amide bonds. The van der Waals surface area contributed by atoms with Crippen LogP contribution in [0.3, 0.4) is 0 Å². The molecule has 4 heterocycles. The van der Waals surface area contributed by atoms with Crippen LogP contribution < -0.4 is 0 Å². The number of rotatable bonds is 6. The SMILES string of the molecule is SC(c1ccccn1)c1nnc(-c2cccs2)n1CCN1CCCCC1. The van der Waals surface area contributed by atoms with Crippen molar-refractivity contribution in [3.05, 3.63) is 53.4 Å². The minimum Gasteiger partial charge on any atom is -0.308 e. The van der Waals surface area contributed by atoms with Crippen LogP contribution in [0.4, 0.5) is 0 Å². The highest BCUT2D eigenvalue weighted by Gasteiger charge is 2.22. The number of thiophene rings is 1. The molecule has 7 heteroatoms. The normalized spacial score (nSPS) is 16.7. The largest absolute Gasteiger partial charge is 0.308 e. The molecule has 0 spiro atoms. The zero-order valence-electron chi connectivity index (χ0n) is 14.7. The summed E-state index contributed by atoms with van der Waals surface area (Å²) >= 11 is 6.51. The van der Waals surface area contributed by atoms with Crippen molar-refractivity contribution in [2.75, 3.05) is 19.6 Å². The molecule has 3 aromatic heterocycles. The Bertz CT molecular complexity index is 810. The smallest absolute Gasteiger partial charge is 0.174 e. The Hall–Kier alpha value is -1.70. The zero-order valence-corrected chi connectivity index (χ0v) is 16.4. The summed E-state index contributed by atoms with van der Waals surface area (Å²) in [4.78, 5) is 8.14. The zero-order chi connectivity index (χ0) is 17.8. The molecule has 0 aliphatic carbocycles. The topological polar surface area (TPSA) is 46.8 Å². The second-order valence-electron chi connectivity index (χ2n) is 6.57. The number of piperidine rings is 1. The third-order valence-electron chi connectivity index (χ3n) is 4.82. The number of hydrogen-bond acceptors (Lipinski definition) is 6. The quantitative estimate of drug-likeness (QED) is 0.654. The van der Waals surface area contributed by atoms with Crippen molar-refractivity contribution < 1.29 is 0 Å². The number of nitrogens with zero attached hydrogens (tertiary/aromatic N) is 5. The van der Waals surface area contributed by atoms with Gasteiger partial charge in [0.05, 0.1) is 10.6 Å². The second kappa shape index (κ2) is 8.33. The minimum atomic E-state index is -0.182. The van der Waals surface area contributed by atoms with Crippen LogP contribution in [0.5, 0.6) is 0 Å². The van der Waals surface area contributed by atoms with Gasteiger partial charge in [-0.05, 0) is 49.5 Å². The lowest BCUT2D eigenvalue weighted by atomic mass is 10.1. The van der Waals surface area contributed by atoms with Crippen molar-refractivity contribution in [2.24, 2.45) is 0 Å². The van der Waals surface area contributed by atoms with Crippen molar-refractivity contribution in [3.63, 3.8) is 0 Å². The Morgan fingerprint density at radius 2 is 1.92 bits per heavy atom. The predicted molar refractivity (Wildman–Crippen MR) is 109 cm³/mol. The van der Waals surface area contributed by atoms with E-state index in [1.165, 1.54) is 32.4 Å². The highest BCUT2D eigenvalue weighted by molar-refractivity contribution is 7.80. The highest BCUT2D eigenvalue weighted by atomic mass is 32.1. The molecule has 1 unspecified atom stereocenters. The van der Waals surface area contributed by atoms with Crippen molar-refractivity contribution in [1.82, 2.24) is 24.6 Å². The molecule has 1 aliphatic heterocycles. The van der Waals surface area contributed by atoms with Gasteiger partial charge in [-0.25, -0.2) is 0 Å². The van der Waals surface area contributed by atoms with Gasteiger partial charge in [0.2, 0.25) is 0 Å². The van der Waals surface area contributed by atoms with E-state index in [0.29, 0.717) is 0 Å². The highest BCUT2D eigenvalue weighted by Crippen LogP contribution is 2.30. The van der Waals surface area contributed by atoms with Crippen LogP contribution in [0.2, 0.25) is 0 Å². The first-order chi connectivity index (χ1) is 12.8. The Balaban J connectivity index is 1.63. The molecule has 1 saturated heterocycles. The van der Waals surface area contributed by atoms with Crippen LogP contribution >= 0.6 is 24.0 Å². The molecule has 3 aromatic rings. The average Bonchev–Trinajstić information content (AvgIpc) is 3.37. The van der Waals surface area contributed by atoms with E-state index in [0.717, 1.165) is 35.3 Å². The minimum absolute atomic E-state index is 0.182. The fourth-order valence-electron chi connectivity index (χ4n) is 3.42. The van der Waals surface area contributed by atoms with E-state index < -0.39 is 0 Å². The van der Waals surface area contributed by atoms with Crippen molar-refractivity contribution >= 4 is 24.0 Å². The molecule has 1 aliphatic rings. The van der Waals surface area contributed by atoms with Gasteiger partial charge in [0.25, 0.3) is 0 Å². The maximum atomic E-state index is 4.81. The van der Waals surface area contributed by atoms with Crippen LogP contribution in [0.15, 0.2) is 41.9 Å². The summed E-state index contributed by atoms with van der Waals surface area (Å²) in [6.07, 6.45) is 5.76. The Morgan fingerprint density at radius 3 is 2.65 bits per heavy atom. The molecule has 26 heavy (non-hydrogen) atoms. The lowest BCUT2D eigenvalue weighted by molar-refractivity contribution is 0.220. The molecule has 0 N–H and O–H groups in total. The molecule has 0 bridgehead atoms. The predicted octanol–water partition coefficient (Wildman–Crippen LogP) is 3.91. The molecule has 1 fully saturated rings. The number of aromatic nitrogens is 4. The first-order valence-corrected chi connectivity index (χ1v) is 10.5. The standard InChI is InChI=1S/C19H23N5S2/c25-17(15-7-2-3-9-20-15)19-22-21-18(16-8-6-14-26-16)24(19)13-12-23-10-4-1-5-11-23/h2-3,6-9,14,17,25H,1,4-5,10-13H2. The molecule has 0 radical (unpaired) electrons. The third kappa shape index (κ3) is 3.84. The van der Waals surface area contributed by atoms with Crippen LogP contribution in [0.1, 0.15) is 36.0 Å². The number of pyridine rings is 1. The fourth-order valence-corrected chi connectivity index (χ4v) is 4.48. The maximum absolute atomic E-state index is 4.81. The molecule has 0 saturated carbocycles. The number of hydrogen-bond donors (Lipinski definition) is 1. The van der Waals surface area contributed by atoms with E-state index in [4.69, 9.17) is 12.6 Å². The fraction of sp³-hybridized carbons (Fsp3) is 0.421. The summed E-state index contributed by atoms with van der Waals surface area (Å²) < 4.78 is 2.23. The lowest BCUT2D eigenvalue weighted by Gasteiger charge is -2.27. The summed E-state index contributed by atoms with van der Waals surface area (Å²) in [6, 6.07) is 10.1. The summed E-state index contributed by atoms with van der Waals surface area (Å²) in [7, 11) is 0. The van der Waals surface area contributed by atoms with Crippen molar-refractivity contribution in [2.45, 2.75) is 31.1 Å². The van der Waals surface area contributed by atoms with E-state index in [2.05, 4.69) is 42.2 Å². The van der Waals surface area contributed by atoms with E-state index in [1.54, 1.807) is 17.5 Å². The number of likely N-dealkylation sites (tertiary alicyclic amines) is 1. The average molecular weight is 386 g/mol. The van der Waals surface area contributed by atoms with Gasteiger partial charge in [0.1, 0.15) is 5.25 Å². The van der Waals surface area contributed by atoms with Crippen molar-refractivity contribution in [1.29, 1.82) is 0 Å². The van der Waals surface area contributed by atoms with Gasteiger partial charge >= 0.3 is 0 Å². The van der Waals surface area contributed by atoms with Gasteiger partial charge in [-0.2, -0.15) is 12.6 Å². The lowest BCUT2D eigenvalue weighted by Crippen LogP contribution is -2.33. The molecule has 136 valence electrons. The van der Waals surface area contributed by atoms with Gasteiger partial charge in [-0.1, -0.05) is 18.6 Å². The van der Waals surface area contributed by atoms with E-state index in [-0.39, 0.29) is 5.25 Å². The summed E-state index contributed by atoms with van der Waals surface area (Å²) in [5.41, 5.74) is 0.903. The van der Waals surface area contributed by atoms with Gasteiger partial charge in [0.15, 0.2) is 11.6 Å². The summed E-state index contributed by atoms with van der Waals surface area (Å²) in [5, 5.41) is 10.9. The van der Waals surface area contributed by atoms with Gasteiger partial charge in [-0.3, -0.25) is 4.98 Å². The van der Waals surface area contributed by atoms with Gasteiger partial charge in [-0.15, -0.1) is 21.5 Å². The molecule has 1 atom stereocenters. The second-order valence-corrected chi connectivity index (χ2v) is 8.03. The number of thiol groups is 1. The Kier molecular flexibility index (Phi) is 5.67. The third-order valence-corrected chi connectivity index (χ3v) is 6.18. The molecular weight excluding hydrogens is 362 g/mol. The Morgan fingerprint density at radius 1 is 1.04 bits per heavy atom. The molecule has 0 aromatic carbocycles. The first-order valence-electron chi connectivity index (χ1n) is 9.11. The van der Waals surface area contributed by atoms with E-state index in [1.807, 2.05) is 18.2 Å². The van der Waals surface area contributed by atoms with Crippen LogP contribution in [-0.4, -0.2) is 44.3 Å². The maximum Gasteiger partial charge on any atom is 0.174 e. The van der Waals surface area contributed by atoms with Crippen molar-refractivity contribution in [3.8, 4) is 10.7 Å². The molecule has 5 nitrogen and oxygen atoms in total. The van der Waals surface area contributed by atoms with Gasteiger partial charge in [0, 0.05) is 19.3 Å². The van der Waals surface area contributed by atoms with E-state index in [9.17, 15) is 0 Å². The Labute approximate surface area is 163 Å². The summed E-state index contributed by atoms with van der Waals surface area (Å²) in [5.74, 6) is 1.80. The van der Waals surface area contributed by atoms with Crippen LogP contribution in [0, 0.1) is 0 Å². The first kappa shape index (κ1) is 17.7. The van der Waals surface area contributed by atoms with Crippen LogP contribution in [0.25, 0.3) is 10.7 Å². The molecular formula is C19H23N5S2. The van der Waals surface area contributed by atoms with E-state index >= 15 is 0 Å². The van der Waals surface area contributed by atoms with Crippen LogP contribution in [-0.2, 0) is 6.54 Å². The monoisotopic (exact) mass is 385 g/mol.